The quantitative estimate of drug-likeness (QED) is 0.847. The summed E-state index contributed by atoms with van der Waals surface area (Å²) in [5, 5.41) is 2.96. The van der Waals surface area contributed by atoms with Gasteiger partial charge in [-0.1, -0.05) is 35.9 Å². The van der Waals surface area contributed by atoms with Crippen molar-refractivity contribution in [1.82, 2.24) is 0 Å². The molecule has 0 spiro atoms. The number of halogens is 2. The molecule has 19 heavy (non-hydrogen) atoms. The monoisotopic (exact) mass is 278 g/mol. The Bertz CT molecular complexity index is 596. The normalized spacial score (nSPS) is 10.2. The number of hydrogen-bond donors (Lipinski definition) is 2. The van der Waals surface area contributed by atoms with E-state index in [2.05, 4.69) is 5.32 Å². The number of amides is 1. The zero-order valence-electron chi connectivity index (χ0n) is 9.99. The van der Waals surface area contributed by atoms with Gasteiger partial charge in [-0.3, -0.25) is 4.79 Å². The first-order valence-corrected chi connectivity index (χ1v) is 6.03. The fourth-order valence-electron chi connectivity index (χ4n) is 1.67. The van der Waals surface area contributed by atoms with Gasteiger partial charge in [0.15, 0.2) is 0 Å². The molecule has 98 valence electrons. The number of carbonyl (C=O) groups excluding carboxylic acids is 1. The van der Waals surface area contributed by atoms with Crippen LogP contribution in [0.15, 0.2) is 42.5 Å². The average molecular weight is 279 g/mol. The van der Waals surface area contributed by atoms with Gasteiger partial charge in [0.05, 0.1) is 12.1 Å². The fourth-order valence-corrected chi connectivity index (χ4v) is 1.87. The molecule has 0 fully saturated rings. The molecule has 0 aromatic heterocycles. The molecule has 0 saturated carbocycles. The molecule has 3 N–H and O–H groups in total. The van der Waals surface area contributed by atoms with Crippen LogP contribution in [0.1, 0.15) is 5.56 Å². The van der Waals surface area contributed by atoms with Crippen molar-refractivity contribution in [2.45, 2.75) is 6.42 Å². The fraction of sp³-hybridized carbons (Fsp3) is 0.0714. The lowest BCUT2D eigenvalue weighted by atomic mass is 10.1. The maximum Gasteiger partial charge on any atom is 0.228 e. The van der Waals surface area contributed by atoms with Gasteiger partial charge >= 0.3 is 0 Å². The Hall–Kier alpha value is -2.07. The Morgan fingerprint density at radius 2 is 1.95 bits per heavy atom. The summed E-state index contributed by atoms with van der Waals surface area (Å²) >= 11 is 5.96. The predicted molar refractivity (Wildman–Crippen MR) is 74.6 cm³/mol. The second kappa shape index (κ2) is 5.71. The number of carbonyl (C=O) groups is 1. The predicted octanol–water partition coefficient (Wildman–Crippen LogP) is 3.24. The smallest absolute Gasteiger partial charge is 0.228 e. The zero-order chi connectivity index (χ0) is 13.8. The van der Waals surface area contributed by atoms with Crippen molar-refractivity contribution in [3.8, 4) is 0 Å². The van der Waals surface area contributed by atoms with Gasteiger partial charge in [-0.05, 0) is 23.8 Å². The highest BCUT2D eigenvalue weighted by molar-refractivity contribution is 6.31. The van der Waals surface area contributed by atoms with E-state index in [9.17, 15) is 9.18 Å². The highest BCUT2D eigenvalue weighted by Gasteiger charge is 2.11. The van der Waals surface area contributed by atoms with E-state index >= 15 is 0 Å². The molecular weight excluding hydrogens is 267 g/mol. The van der Waals surface area contributed by atoms with E-state index in [-0.39, 0.29) is 23.7 Å². The number of benzene rings is 2. The van der Waals surface area contributed by atoms with Gasteiger partial charge in [-0.2, -0.15) is 0 Å². The minimum atomic E-state index is -0.562. The van der Waals surface area contributed by atoms with E-state index in [4.69, 9.17) is 17.3 Å². The molecular formula is C14H12ClFN2O. The van der Waals surface area contributed by atoms with Crippen LogP contribution < -0.4 is 11.1 Å². The van der Waals surface area contributed by atoms with Crippen molar-refractivity contribution in [2.24, 2.45) is 0 Å². The van der Waals surface area contributed by atoms with Crippen LogP contribution in [0.25, 0.3) is 0 Å². The summed E-state index contributed by atoms with van der Waals surface area (Å²) in [7, 11) is 0. The summed E-state index contributed by atoms with van der Waals surface area (Å²) in [5.41, 5.74) is 6.48. The van der Waals surface area contributed by atoms with Gasteiger partial charge in [0, 0.05) is 5.02 Å². The van der Waals surface area contributed by atoms with E-state index in [1.165, 1.54) is 18.2 Å². The molecule has 1 amide bonds. The molecule has 0 aliphatic carbocycles. The maximum absolute atomic E-state index is 13.5. The largest absolute Gasteiger partial charge is 0.397 e. The first kappa shape index (κ1) is 13.4. The molecule has 0 atom stereocenters. The Labute approximate surface area is 115 Å². The van der Waals surface area contributed by atoms with E-state index in [0.29, 0.717) is 10.6 Å². The summed E-state index contributed by atoms with van der Waals surface area (Å²) in [6, 6.07) is 11.2. The van der Waals surface area contributed by atoms with Crippen LogP contribution in [0.2, 0.25) is 5.02 Å². The van der Waals surface area contributed by atoms with Crippen molar-refractivity contribution in [1.29, 1.82) is 0 Å². The minimum absolute atomic E-state index is 0.000413. The summed E-state index contributed by atoms with van der Waals surface area (Å²) in [4.78, 5) is 11.8. The number of para-hydroxylation sites is 1. The molecule has 3 nitrogen and oxygen atoms in total. The number of nitrogen functional groups attached to an aromatic ring is 1. The molecule has 2 aromatic carbocycles. The van der Waals surface area contributed by atoms with Crippen molar-refractivity contribution in [3.63, 3.8) is 0 Å². The molecule has 2 rings (SSSR count). The van der Waals surface area contributed by atoms with Crippen LogP contribution in [0.4, 0.5) is 15.8 Å². The molecule has 5 heteroatoms. The van der Waals surface area contributed by atoms with Crippen molar-refractivity contribution < 1.29 is 9.18 Å². The molecule has 0 heterocycles. The van der Waals surface area contributed by atoms with E-state index in [1.807, 2.05) is 0 Å². The Balaban J connectivity index is 2.12. The van der Waals surface area contributed by atoms with Crippen molar-refractivity contribution >= 4 is 28.9 Å². The SMILES string of the molecule is Nc1cccc(F)c1NC(=O)Cc1ccccc1Cl. The van der Waals surface area contributed by atoms with Gasteiger partial charge in [0.2, 0.25) is 5.91 Å². The third-order valence-corrected chi connectivity index (χ3v) is 2.99. The standard InChI is InChI=1S/C14H12ClFN2O/c15-10-5-2-1-4-9(10)8-13(19)18-14-11(16)6-3-7-12(14)17/h1-7H,8,17H2,(H,18,19). The van der Waals surface area contributed by atoms with Gasteiger partial charge in [-0.25, -0.2) is 4.39 Å². The number of nitrogens with two attached hydrogens (primary N) is 1. The van der Waals surface area contributed by atoms with Gasteiger partial charge in [0.1, 0.15) is 11.5 Å². The first-order valence-electron chi connectivity index (χ1n) is 5.65. The highest BCUT2D eigenvalue weighted by atomic mass is 35.5. The van der Waals surface area contributed by atoms with E-state index < -0.39 is 5.82 Å². The summed E-state index contributed by atoms with van der Waals surface area (Å²) < 4.78 is 13.5. The maximum atomic E-state index is 13.5. The molecule has 0 unspecified atom stereocenters. The van der Waals surface area contributed by atoms with Gasteiger partial charge in [-0.15, -0.1) is 0 Å². The number of rotatable bonds is 3. The highest BCUT2D eigenvalue weighted by Crippen LogP contribution is 2.22. The van der Waals surface area contributed by atoms with Crippen LogP contribution in [0.5, 0.6) is 0 Å². The van der Waals surface area contributed by atoms with Gasteiger partial charge in [0.25, 0.3) is 0 Å². The van der Waals surface area contributed by atoms with Gasteiger partial charge < -0.3 is 11.1 Å². The third-order valence-electron chi connectivity index (χ3n) is 2.62. The Kier molecular flexibility index (Phi) is 4.02. The number of hydrogen-bond acceptors (Lipinski definition) is 2. The van der Waals surface area contributed by atoms with E-state index in [0.717, 1.165) is 0 Å². The lowest BCUT2D eigenvalue weighted by Gasteiger charge is -2.09. The van der Waals surface area contributed by atoms with E-state index in [1.54, 1.807) is 24.3 Å². The topological polar surface area (TPSA) is 55.1 Å². The first-order chi connectivity index (χ1) is 9.08. The van der Waals surface area contributed by atoms with Crippen LogP contribution in [-0.2, 0) is 11.2 Å². The Morgan fingerprint density at radius 1 is 1.21 bits per heavy atom. The molecule has 0 radical (unpaired) electrons. The lowest BCUT2D eigenvalue weighted by Crippen LogP contribution is -2.16. The van der Waals surface area contributed by atoms with Crippen molar-refractivity contribution in [3.05, 3.63) is 58.9 Å². The minimum Gasteiger partial charge on any atom is -0.397 e. The number of anilines is 2. The average Bonchev–Trinajstić information content (AvgIpc) is 2.37. The lowest BCUT2D eigenvalue weighted by molar-refractivity contribution is -0.115. The molecule has 0 bridgehead atoms. The zero-order valence-corrected chi connectivity index (χ0v) is 10.7. The van der Waals surface area contributed by atoms with Crippen LogP contribution in [-0.4, -0.2) is 5.91 Å². The molecule has 0 saturated heterocycles. The van der Waals surface area contributed by atoms with Crippen LogP contribution in [0, 0.1) is 5.82 Å². The summed E-state index contributed by atoms with van der Waals surface area (Å²) in [6.07, 6.45) is 0.0629. The summed E-state index contributed by atoms with van der Waals surface area (Å²) in [6.45, 7) is 0. The second-order valence-corrected chi connectivity index (χ2v) is 4.43. The second-order valence-electron chi connectivity index (χ2n) is 4.02. The molecule has 0 aliphatic rings. The molecule has 2 aromatic rings. The third kappa shape index (κ3) is 3.23. The van der Waals surface area contributed by atoms with Crippen molar-refractivity contribution in [2.75, 3.05) is 11.1 Å². The van der Waals surface area contributed by atoms with Crippen LogP contribution >= 0.6 is 11.6 Å². The number of nitrogens with one attached hydrogen (secondary N) is 1. The van der Waals surface area contributed by atoms with Crippen LogP contribution in [0.3, 0.4) is 0 Å². The Morgan fingerprint density at radius 3 is 2.63 bits per heavy atom. The summed E-state index contributed by atoms with van der Waals surface area (Å²) in [5.74, 6) is -0.933. The molecule has 0 aliphatic heterocycles.